The lowest BCUT2D eigenvalue weighted by atomic mass is 9.88. The van der Waals surface area contributed by atoms with Crippen molar-refractivity contribution in [2.75, 3.05) is 13.1 Å². The highest BCUT2D eigenvalue weighted by atomic mass is 15.2. The van der Waals surface area contributed by atoms with Gasteiger partial charge in [0.2, 0.25) is 0 Å². The predicted molar refractivity (Wildman–Crippen MR) is 69.4 cm³/mol. The first kappa shape index (κ1) is 12.4. The average Bonchev–Trinajstić information content (AvgIpc) is 2.58. The standard InChI is InChI=1S/C14H28N2/c1-11-5-4-8-16(13(11)10-15)12-6-7-14(2,3)9-12/h11-13H,4-10,15H2,1-3H3. The van der Waals surface area contributed by atoms with Crippen molar-refractivity contribution in [1.82, 2.24) is 4.90 Å². The molecule has 2 nitrogen and oxygen atoms in total. The second kappa shape index (κ2) is 4.66. The van der Waals surface area contributed by atoms with E-state index in [1.165, 1.54) is 38.6 Å². The zero-order chi connectivity index (χ0) is 11.8. The van der Waals surface area contributed by atoms with E-state index in [1.54, 1.807) is 0 Å². The minimum Gasteiger partial charge on any atom is -0.329 e. The molecule has 2 heteroatoms. The maximum atomic E-state index is 5.98. The van der Waals surface area contributed by atoms with Crippen molar-refractivity contribution >= 4 is 0 Å². The normalized spacial score (nSPS) is 40.1. The minimum atomic E-state index is 0.560. The molecule has 2 fully saturated rings. The zero-order valence-corrected chi connectivity index (χ0v) is 11.2. The highest BCUT2D eigenvalue weighted by Gasteiger charge is 2.39. The molecule has 1 saturated heterocycles. The lowest BCUT2D eigenvalue weighted by molar-refractivity contribution is 0.0602. The molecule has 2 N–H and O–H groups in total. The fourth-order valence-corrected chi connectivity index (χ4v) is 3.78. The van der Waals surface area contributed by atoms with Gasteiger partial charge >= 0.3 is 0 Å². The highest BCUT2D eigenvalue weighted by Crippen LogP contribution is 2.41. The molecule has 1 heterocycles. The molecule has 1 aliphatic carbocycles. The Bertz CT molecular complexity index is 237. The van der Waals surface area contributed by atoms with Crippen molar-refractivity contribution in [2.24, 2.45) is 17.1 Å². The van der Waals surface area contributed by atoms with E-state index in [0.29, 0.717) is 11.5 Å². The molecule has 94 valence electrons. The lowest BCUT2D eigenvalue weighted by Gasteiger charge is -2.43. The third-order valence-electron chi connectivity index (χ3n) is 4.81. The summed E-state index contributed by atoms with van der Waals surface area (Å²) in [5.74, 6) is 0.794. The Kier molecular flexibility index (Phi) is 3.60. The number of rotatable bonds is 2. The van der Waals surface area contributed by atoms with Crippen LogP contribution in [-0.4, -0.2) is 30.1 Å². The van der Waals surface area contributed by atoms with E-state index in [0.717, 1.165) is 18.5 Å². The van der Waals surface area contributed by atoms with E-state index in [-0.39, 0.29) is 0 Å². The van der Waals surface area contributed by atoms with Crippen LogP contribution in [0.1, 0.15) is 52.9 Å². The molecule has 0 aromatic rings. The third-order valence-corrected chi connectivity index (χ3v) is 4.81. The van der Waals surface area contributed by atoms with Gasteiger partial charge in [0.1, 0.15) is 0 Å². The fourth-order valence-electron chi connectivity index (χ4n) is 3.78. The second-order valence-electron chi connectivity index (χ2n) is 6.72. The molecule has 0 aromatic heterocycles. The van der Waals surface area contributed by atoms with Crippen molar-refractivity contribution in [3.8, 4) is 0 Å². The van der Waals surface area contributed by atoms with Crippen LogP contribution in [0.15, 0.2) is 0 Å². The largest absolute Gasteiger partial charge is 0.329 e. The summed E-state index contributed by atoms with van der Waals surface area (Å²) < 4.78 is 0. The minimum absolute atomic E-state index is 0.560. The zero-order valence-electron chi connectivity index (χ0n) is 11.2. The molecule has 2 aliphatic rings. The summed E-state index contributed by atoms with van der Waals surface area (Å²) in [5.41, 5.74) is 6.54. The van der Waals surface area contributed by atoms with Gasteiger partial charge in [0.15, 0.2) is 0 Å². The van der Waals surface area contributed by atoms with Gasteiger partial charge in [0.25, 0.3) is 0 Å². The first-order chi connectivity index (χ1) is 7.53. The molecule has 1 saturated carbocycles. The van der Waals surface area contributed by atoms with Gasteiger partial charge in [-0.05, 0) is 50.0 Å². The Balaban J connectivity index is 2.02. The molecule has 0 aromatic carbocycles. The van der Waals surface area contributed by atoms with Gasteiger partial charge in [-0.1, -0.05) is 20.8 Å². The van der Waals surface area contributed by atoms with E-state index in [9.17, 15) is 0 Å². The van der Waals surface area contributed by atoms with E-state index in [4.69, 9.17) is 5.73 Å². The maximum Gasteiger partial charge on any atom is 0.0246 e. The monoisotopic (exact) mass is 224 g/mol. The smallest absolute Gasteiger partial charge is 0.0246 e. The molecule has 0 bridgehead atoms. The van der Waals surface area contributed by atoms with Crippen molar-refractivity contribution in [3.05, 3.63) is 0 Å². The summed E-state index contributed by atoms with van der Waals surface area (Å²) in [5, 5.41) is 0. The van der Waals surface area contributed by atoms with Crippen LogP contribution in [0.25, 0.3) is 0 Å². The predicted octanol–water partition coefficient (Wildman–Crippen LogP) is 2.62. The molecule has 16 heavy (non-hydrogen) atoms. The Hall–Kier alpha value is -0.0800. The molecule has 0 spiro atoms. The second-order valence-corrected chi connectivity index (χ2v) is 6.72. The van der Waals surface area contributed by atoms with E-state index >= 15 is 0 Å². The van der Waals surface area contributed by atoms with Crippen LogP contribution in [0.3, 0.4) is 0 Å². The van der Waals surface area contributed by atoms with Crippen molar-refractivity contribution in [3.63, 3.8) is 0 Å². The molecule has 3 unspecified atom stereocenters. The fraction of sp³-hybridized carbons (Fsp3) is 1.00. The molecule has 0 amide bonds. The summed E-state index contributed by atoms with van der Waals surface area (Å²) in [6.45, 7) is 9.34. The number of piperidine rings is 1. The Morgan fingerprint density at radius 1 is 1.31 bits per heavy atom. The number of nitrogens with two attached hydrogens (primary N) is 1. The van der Waals surface area contributed by atoms with E-state index in [1.807, 2.05) is 0 Å². The molecule has 1 aliphatic heterocycles. The van der Waals surface area contributed by atoms with Gasteiger partial charge in [0, 0.05) is 18.6 Å². The van der Waals surface area contributed by atoms with Crippen LogP contribution >= 0.6 is 0 Å². The van der Waals surface area contributed by atoms with Gasteiger partial charge in [-0.15, -0.1) is 0 Å². The topological polar surface area (TPSA) is 29.3 Å². The van der Waals surface area contributed by atoms with Crippen LogP contribution in [0, 0.1) is 11.3 Å². The quantitative estimate of drug-likeness (QED) is 0.781. The first-order valence-corrected chi connectivity index (χ1v) is 6.99. The number of likely N-dealkylation sites (tertiary alicyclic amines) is 1. The van der Waals surface area contributed by atoms with Gasteiger partial charge in [-0.25, -0.2) is 0 Å². The van der Waals surface area contributed by atoms with Crippen molar-refractivity contribution < 1.29 is 0 Å². The van der Waals surface area contributed by atoms with Gasteiger partial charge in [0.05, 0.1) is 0 Å². The van der Waals surface area contributed by atoms with Crippen molar-refractivity contribution in [2.45, 2.75) is 65.0 Å². The molecule has 0 radical (unpaired) electrons. The lowest BCUT2D eigenvalue weighted by Crippen LogP contribution is -2.52. The third kappa shape index (κ3) is 2.43. The Morgan fingerprint density at radius 3 is 2.62 bits per heavy atom. The summed E-state index contributed by atoms with van der Waals surface area (Å²) in [6.07, 6.45) is 6.88. The number of hydrogen-bond acceptors (Lipinski definition) is 2. The van der Waals surface area contributed by atoms with Crippen LogP contribution in [0.4, 0.5) is 0 Å². The highest BCUT2D eigenvalue weighted by molar-refractivity contribution is 4.93. The summed E-state index contributed by atoms with van der Waals surface area (Å²) >= 11 is 0. The number of hydrogen-bond donors (Lipinski definition) is 1. The first-order valence-electron chi connectivity index (χ1n) is 6.99. The van der Waals surface area contributed by atoms with Crippen molar-refractivity contribution in [1.29, 1.82) is 0 Å². The SMILES string of the molecule is CC1CCCN(C2CCC(C)(C)C2)C1CN. The van der Waals surface area contributed by atoms with E-state index in [2.05, 4.69) is 25.7 Å². The van der Waals surface area contributed by atoms with Crippen LogP contribution in [0.5, 0.6) is 0 Å². The molecule has 2 rings (SSSR count). The molecular formula is C14H28N2. The van der Waals surface area contributed by atoms with E-state index < -0.39 is 0 Å². The maximum absolute atomic E-state index is 5.98. The van der Waals surface area contributed by atoms with Crippen LogP contribution in [-0.2, 0) is 0 Å². The van der Waals surface area contributed by atoms with Gasteiger partial charge in [-0.2, -0.15) is 0 Å². The Labute approximate surface area is 101 Å². The van der Waals surface area contributed by atoms with Crippen LogP contribution in [0.2, 0.25) is 0 Å². The van der Waals surface area contributed by atoms with Crippen LogP contribution < -0.4 is 5.73 Å². The van der Waals surface area contributed by atoms with Gasteiger partial charge in [-0.3, -0.25) is 4.90 Å². The molecule has 3 atom stereocenters. The summed E-state index contributed by atoms with van der Waals surface area (Å²) in [4.78, 5) is 2.74. The Morgan fingerprint density at radius 2 is 2.06 bits per heavy atom. The summed E-state index contributed by atoms with van der Waals surface area (Å²) in [7, 11) is 0. The molecular weight excluding hydrogens is 196 g/mol. The number of nitrogens with zero attached hydrogens (tertiary/aromatic N) is 1. The summed E-state index contributed by atoms with van der Waals surface area (Å²) in [6, 6.07) is 1.46. The average molecular weight is 224 g/mol. The van der Waals surface area contributed by atoms with Gasteiger partial charge < -0.3 is 5.73 Å².